The Morgan fingerprint density at radius 1 is 1.05 bits per heavy atom. The SMILES string of the molecule is CC(CC(O)(c1ccccc1)C(F)(F)F)C(C)(C)C. The maximum atomic E-state index is 13.3. The summed E-state index contributed by atoms with van der Waals surface area (Å²) >= 11 is 0. The van der Waals surface area contributed by atoms with Crippen molar-refractivity contribution in [2.24, 2.45) is 11.3 Å². The van der Waals surface area contributed by atoms with Crippen LogP contribution in [0, 0.1) is 11.3 Å². The molecule has 0 heterocycles. The minimum atomic E-state index is -4.69. The predicted molar refractivity (Wildman–Crippen MR) is 69.6 cm³/mol. The lowest BCUT2D eigenvalue weighted by Gasteiger charge is -2.37. The van der Waals surface area contributed by atoms with Crippen molar-refractivity contribution in [1.82, 2.24) is 0 Å². The average Bonchev–Trinajstić information content (AvgIpc) is 2.27. The highest BCUT2D eigenvalue weighted by Crippen LogP contribution is 2.46. The molecule has 108 valence electrons. The lowest BCUT2D eigenvalue weighted by molar-refractivity contribution is -0.274. The summed E-state index contributed by atoms with van der Waals surface area (Å²) in [6.07, 6.45) is -5.03. The van der Waals surface area contributed by atoms with Crippen LogP contribution in [-0.4, -0.2) is 11.3 Å². The van der Waals surface area contributed by atoms with Gasteiger partial charge in [0.2, 0.25) is 0 Å². The molecule has 19 heavy (non-hydrogen) atoms. The summed E-state index contributed by atoms with van der Waals surface area (Å²) in [5.74, 6) is -0.278. The van der Waals surface area contributed by atoms with Gasteiger partial charge in [-0.2, -0.15) is 13.2 Å². The van der Waals surface area contributed by atoms with Crippen molar-refractivity contribution < 1.29 is 18.3 Å². The molecule has 1 aromatic carbocycles. The number of rotatable bonds is 3. The Hall–Kier alpha value is -1.03. The summed E-state index contributed by atoms with van der Waals surface area (Å²) in [5, 5.41) is 10.2. The number of benzene rings is 1. The largest absolute Gasteiger partial charge is 0.421 e. The van der Waals surface area contributed by atoms with Crippen molar-refractivity contribution in [2.75, 3.05) is 0 Å². The number of hydrogen-bond acceptors (Lipinski definition) is 1. The van der Waals surface area contributed by atoms with Gasteiger partial charge in [0.15, 0.2) is 5.60 Å². The molecule has 2 atom stereocenters. The summed E-state index contributed by atoms with van der Waals surface area (Å²) < 4.78 is 39.9. The molecule has 0 bridgehead atoms. The van der Waals surface area contributed by atoms with Crippen LogP contribution in [-0.2, 0) is 5.60 Å². The van der Waals surface area contributed by atoms with Crippen LogP contribution in [0.25, 0.3) is 0 Å². The Morgan fingerprint density at radius 3 is 1.89 bits per heavy atom. The second kappa shape index (κ2) is 5.16. The molecule has 0 fully saturated rings. The minimum absolute atomic E-state index is 0.0985. The van der Waals surface area contributed by atoms with Gasteiger partial charge in [0.05, 0.1) is 0 Å². The first-order chi connectivity index (χ1) is 8.48. The van der Waals surface area contributed by atoms with E-state index in [9.17, 15) is 18.3 Å². The van der Waals surface area contributed by atoms with Gasteiger partial charge in [-0.05, 0) is 23.3 Å². The monoisotopic (exact) mass is 274 g/mol. The maximum Gasteiger partial charge on any atom is 0.421 e. The maximum absolute atomic E-state index is 13.3. The van der Waals surface area contributed by atoms with E-state index in [1.807, 2.05) is 20.8 Å². The Morgan fingerprint density at radius 2 is 1.53 bits per heavy atom. The summed E-state index contributed by atoms with van der Waals surface area (Å²) in [5.41, 5.74) is -3.19. The van der Waals surface area contributed by atoms with Crippen molar-refractivity contribution >= 4 is 0 Å². The first kappa shape index (κ1) is 16.0. The van der Waals surface area contributed by atoms with Crippen molar-refractivity contribution in [3.8, 4) is 0 Å². The van der Waals surface area contributed by atoms with E-state index in [2.05, 4.69) is 0 Å². The summed E-state index contributed by atoms with van der Waals surface area (Å²) in [7, 11) is 0. The van der Waals surface area contributed by atoms with Crippen LogP contribution in [0.4, 0.5) is 13.2 Å². The van der Waals surface area contributed by atoms with Crippen LogP contribution >= 0.6 is 0 Å². The average molecular weight is 274 g/mol. The standard InChI is InChI=1S/C15H21F3O/c1-11(13(2,3)4)10-14(19,15(16,17)18)12-8-6-5-7-9-12/h5-9,11,19H,10H2,1-4H3. The lowest BCUT2D eigenvalue weighted by Crippen LogP contribution is -2.45. The molecule has 1 N–H and O–H groups in total. The lowest BCUT2D eigenvalue weighted by atomic mass is 9.73. The number of aliphatic hydroxyl groups is 1. The molecule has 0 aliphatic carbocycles. The van der Waals surface area contributed by atoms with Gasteiger partial charge in [-0.25, -0.2) is 0 Å². The highest BCUT2D eigenvalue weighted by atomic mass is 19.4. The quantitative estimate of drug-likeness (QED) is 0.860. The molecule has 0 aromatic heterocycles. The molecule has 0 radical (unpaired) electrons. The second-order valence-corrected chi connectivity index (χ2v) is 6.20. The Bertz CT molecular complexity index is 406. The van der Waals surface area contributed by atoms with E-state index in [1.54, 1.807) is 13.0 Å². The van der Waals surface area contributed by atoms with Crippen LogP contribution in [0.15, 0.2) is 30.3 Å². The number of hydrogen-bond donors (Lipinski definition) is 1. The number of alkyl halides is 3. The molecule has 0 saturated carbocycles. The molecule has 0 saturated heterocycles. The van der Waals surface area contributed by atoms with Gasteiger partial charge in [0.25, 0.3) is 0 Å². The van der Waals surface area contributed by atoms with E-state index in [-0.39, 0.29) is 23.3 Å². The van der Waals surface area contributed by atoms with Gasteiger partial charge >= 0.3 is 6.18 Å². The topological polar surface area (TPSA) is 20.2 Å². The zero-order valence-electron chi connectivity index (χ0n) is 11.8. The Labute approximate surface area is 112 Å². The first-order valence-corrected chi connectivity index (χ1v) is 6.33. The normalized spacial score (nSPS) is 17.9. The van der Waals surface area contributed by atoms with Crippen LogP contribution in [0.5, 0.6) is 0 Å². The van der Waals surface area contributed by atoms with E-state index >= 15 is 0 Å². The molecule has 1 nitrogen and oxygen atoms in total. The fraction of sp³-hybridized carbons (Fsp3) is 0.600. The zero-order chi connectivity index (χ0) is 14.9. The van der Waals surface area contributed by atoms with Gasteiger partial charge in [-0.3, -0.25) is 0 Å². The Kier molecular flexibility index (Phi) is 4.35. The summed E-state index contributed by atoms with van der Waals surface area (Å²) in [6.45, 7) is 7.36. The van der Waals surface area contributed by atoms with E-state index in [0.29, 0.717) is 0 Å². The van der Waals surface area contributed by atoms with Crippen molar-refractivity contribution in [2.45, 2.75) is 45.9 Å². The third kappa shape index (κ3) is 3.50. The minimum Gasteiger partial charge on any atom is -0.376 e. The molecular weight excluding hydrogens is 253 g/mol. The highest BCUT2D eigenvalue weighted by molar-refractivity contribution is 5.24. The van der Waals surface area contributed by atoms with Crippen LogP contribution in [0.1, 0.15) is 39.7 Å². The summed E-state index contributed by atoms with van der Waals surface area (Å²) in [4.78, 5) is 0. The van der Waals surface area contributed by atoms with E-state index < -0.39 is 11.8 Å². The van der Waals surface area contributed by atoms with Gasteiger partial charge in [0.1, 0.15) is 0 Å². The smallest absolute Gasteiger partial charge is 0.376 e. The molecule has 0 aliphatic heterocycles. The molecule has 0 spiro atoms. The molecule has 2 unspecified atom stereocenters. The van der Waals surface area contributed by atoms with Gasteiger partial charge in [-0.15, -0.1) is 0 Å². The molecule has 0 amide bonds. The fourth-order valence-electron chi connectivity index (χ4n) is 1.86. The van der Waals surface area contributed by atoms with Crippen molar-refractivity contribution in [3.63, 3.8) is 0 Å². The zero-order valence-corrected chi connectivity index (χ0v) is 11.8. The summed E-state index contributed by atoms with van der Waals surface area (Å²) in [6, 6.07) is 7.29. The third-order valence-electron chi connectivity index (χ3n) is 3.80. The third-order valence-corrected chi connectivity index (χ3v) is 3.80. The van der Waals surface area contributed by atoms with Gasteiger partial charge in [0, 0.05) is 0 Å². The second-order valence-electron chi connectivity index (χ2n) is 6.20. The van der Waals surface area contributed by atoms with Crippen LogP contribution in [0.2, 0.25) is 0 Å². The molecule has 4 heteroatoms. The fourth-order valence-corrected chi connectivity index (χ4v) is 1.86. The van der Waals surface area contributed by atoms with Gasteiger partial charge < -0.3 is 5.11 Å². The van der Waals surface area contributed by atoms with Crippen LogP contribution in [0.3, 0.4) is 0 Å². The molecule has 0 aliphatic rings. The van der Waals surface area contributed by atoms with E-state index in [4.69, 9.17) is 0 Å². The number of halogens is 3. The predicted octanol–water partition coefficient (Wildman–Crippen LogP) is 4.51. The van der Waals surface area contributed by atoms with E-state index in [1.165, 1.54) is 24.3 Å². The molecular formula is C15H21F3O. The van der Waals surface area contributed by atoms with Crippen molar-refractivity contribution in [1.29, 1.82) is 0 Å². The van der Waals surface area contributed by atoms with E-state index in [0.717, 1.165) is 0 Å². The van der Waals surface area contributed by atoms with Crippen LogP contribution < -0.4 is 0 Å². The molecule has 1 aromatic rings. The van der Waals surface area contributed by atoms with Crippen molar-refractivity contribution in [3.05, 3.63) is 35.9 Å². The first-order valence-electron chi connectivity index (χ1n) is 6.33. The van der Waals surface area contributed by atoms with Gasteiger partial charge in [-0.1, -0.05) is 58.0 Å². The molecule has 1 rings (SSSR count). The Balaban J connectivity index is 3.17. The highest BCUT2D eigenvalue weighted by Gasteiger charge is 2.55.